The molecule has 9 heteroatoms. The van der Waals surface area contributed by atoms with E-state index < -0.39 is 11.7 Å². The topological polar surface area (TPSA) is 101 Å². The second kappa shape index (κ2) is 5.96. The lowest BCUT2D eigenvalue weighted by molar-refractivity contribution is 0.102. The van der Waals surface area contributed by atoms with Crippen LogP contribution in [-0.4, -0.2) is 44.4 Å². The monoisotopic (exact) mass is 381 g/mol. The summed E-state index contributed by atoms with van der Waals surface area (Å²) in [6.07, 6.45) is 8.65. The van der Waals surface area contributed by atoms with Crippen LogP contribution in [0.3, 0.4) is 0 Å². The van der Waals surface area contributed by atoms with E-state index in [4.69, 9.17) is 5.73 Å². The number of hydrogen-bond acceptors (Lipinski definition) is 6. The molecule has 1 spiro atoms. The number of aromatic nitrogens is 4. The highest BCUT2D eigenvalue weighted by Crippen LogP contribution is 2.52. The van der Waals surface area contributed by atoms with Crippen molar-refractivity contribution in [2.45, 2.75) is 25.8 Å². The van der Waals surface area contributed by atoms with Crippen molar-refractivity contribution < 1.29 is 9.18 Å². The number of anilines is 2. The first kappa shape index (κ1) is 17.1. The van der Waals surface area contributed by atoms with Gasteiger partial charge in [0.25, 0.3) is 5.91 Å². The standard InChI is InChI=1S/C19H20FN7O/c1-11-7-26-8-12(4-13(20)17(26)24-11)25-18(28)14-5-23-16(6-22-14)27-9-15(21)19(10-27)2-3-19/h4-8,15H,2-3,9-10,21H2,1H3,(H,25,28)/t15-/m1/s1. The molecule has 2 aliphatic rings. The summed E-state index contributed by atoms with van der Waals surface area (Å²) in [7, 11) is 0. The van der Waals surface area contributed by atoms with Gasteiger partial charge in [0.2, 0.25) is 0 Å². The zero-order valence-corrected chi connectivity index (χ0v) is 15.4. The summed E-state index contributed by atoms with van der Waals surface area (Å²) in [5, 5.41) is 2.66. The zero-order chi connectivity index (χ0) is 19.5. The molecule has 1 aliphatic heterocycles. The zero-order valence-electron chi connectivity index (χ0n) is 15.4. The lowest BCUT2D eigenvalue weighted by Gasteiger charge is -2.16. The summed E-state index contributed by atoms with van der Waals surface area (Å²) in [4.78, 5) is 27.3. The lowest BCUT2D eigenvalue weighted by atomic mass is 10.0. The average Bonchev–Trinajstić information content (AvgIpc) is 3.24. The van der Waals surface area contributed by atoms with Gasteiger partial charge in [0.1, 0.15) is 11.5 Å². The van der Waals surface area contributed by atoms with Gasteiger partial charge in [-0.25, -0.2) is 19.3 Å². The Morgan fingerprint density at radius 1 is 1.32 bits per heavy atom. The number of nitrogens with zero attached hydrogens (tertiary/aromatic N) is 5. The van der Waals surface area contributed by atoms with Crippen molar-refractivity contribution in [2.75, 3.05) is 23.3 Å². The molecule has 1 aliphatic carbocycles. The molecule has 28 heavy (non-hydrogen) atoms. The van der Waals surface area contributed by atoms with Crippen LogP contribution in [0.25, 0.3) is 5.65 Å². The van der Waals surface area contributed by atoms with E-state index in [1.54, 1.807) is 29.9 Å². The molecule has 3 aromatic heterocycles. The largest absolute Gasteiger partial charge is 0.353 e. The third kappa shape index (κ3) is 2.78. The molecule has 3 N–H and O–H groups in total. The minimum atomic E-state index is -0.508. The Morgan fingerprint density at radius 3 is 2.82 bits per heavy atom. The van der Waals surface area contributed by atoms with Gasteiger partial charge in [-0.3, -0.25) is 4.79 Å². The second-order valence-electron chi connectivity index (χ2n) is 7.75. The van der Waals surface area contributed by atoms with Crippen LogP contribution in [-0.2, 0) is 0 Å². The Hall–Kier alpha value is -3.07. The highest BCUT2D eigenvalue weighted by atomic mass is 19.1. The molecule has 1 atom stereocenters. The Morgan fingerprint density at radius 2 is 2.14 bits per heavy atom. The molecule has 3 aromatic rings. The van der Waals surface area contributed by atoms with Gasteiger partial charge in [0.15, 0.2) is 11.5 Å². The minimum Gasteiger partial charge on any atom is -0.353 e. The van der Waals surface area contributed by atoms with Crippen molar-refractivity contribution in [1.82, 2.24) is 19.4 Å². The number of amides is 1. The fourth-order valence-electron chi connectivity index (χ4n) is 3.90. The van der Waals surface area contributed by atoms with Crippen molar-refractivity contribution in [2.24, 2.45) is 11.1 Å². The first-order chi connectivity index (χ1) is 13.4. The number of carbonyl (C=O) groups is 1. The molecule has 8 nitrogen and oxygen atoms in total. The Labute approximate surface area is 160 Å². The average molecular weight is 381 g/mol. The van der Waals surface area contributed by atoms with Gasteiger partial charge in [-0.2, -0.15) is 0 Å². The molecule has 144 valence electrons. The van der Waals surface area contributed by atoms with Crippen LogP contribution in [0, 0.1) is 18.2 Å². The summed E-state index contributed by atoms with van der Waals surface area (Å²) < 4.78 is 15.7. The van der Waals surface area contributed by atoms with Gasteiger partial charge in [-0.1, -0.05) is 0 Å². The van der Waals surface area contributed by atoms with Crippen LogP contribution in [0.2, 0.25) is 0 Å². The third-order valence-electron chi connectivity index (χ3n) is 5.68. The number of nitrogens with one attached hydrogen (secondary N) is 1. The fraction of sp³-hybridized carbons (Fsp3) is 0.368. The number of imidazole rings is 1. The summed E-state index contributed by atoms with van der Waals surface area (Å²) >= 11 is 0. The molecule has 2 fully saturated rings. The van der Waals surface area contributed by atoms with Gasteiger partial charge >= 0.3 is 0 Å². The number of aryl methyl sites for hydroxylation is 1. The molecule has 0 unspecified atom stereocenters. The summed E-state index contributed by atoms with van der Waals surface area (Å²) in [6, 6.07) is 1.40. The minimum absolute atomic E-state index is 0.161. The molecule has 1 saturated heterocycles. The van der Waals surface area contributed by atoms with E-state index in [9.17, 15) is 9.18 Å². The molecule has 4 heterocycles. The number of nitrogens with two attached hydrogens (primary N) is 1. The Bertz CT molecular complexity index is 1070. The Balaban J connectivity index is 1.32. The smallest absolute Gasteiger partial charge is 0.275 e. The van der Waals surface area contributed by atoms with Gasteiger partial charge in [-0.05, 0) is 19.8 Å². The van der Waals surface area contributed by atoms with E-state index in [0.717, 1.165) is 31.7 Å². The SMILES string of the molecule is Cc1cn2cc(NC(=O)c3cnc(N4C[C@@H](N)C5(CC5)C4)cn3)cc(F)c2n1. The van der Waals surface area contributed by atoms with Crippen molar-refractivity contribution in [3.63, 3.8) is 0 Å². The van der Waals surface area contributed by atoms with Gasteiger partial charge in [0, 0.05) is 43.0 Å². The summed E-state index contributed by atoms with van der Waals surface area (Å²) in [5.74, 6) is -0.240. The van der Waals surface area contributed by atoms with Gasteiger partial charge < -0.3 is 20.4 Å². The highest BCUT2D eigenvalue weighted by Gasteiger charge is 2.53. The van der Waals surface area contributed by atoms with Crippen LogP contribution in [0.1, 0.15) is 29.0 Å². The molecule has 5 rings (SSSR count). The third-order valence-corrected chi connectivity index (χ3v) is 5.68. The number of rotatable bonds is 3. The van der Waals surface area contributed by atoms with Crippen molar-refractivity contribution >= 4 is 23.1 Å². The van der Waals surface area contributed by atoms with E-state index in [1.165, 1.54) is 12.3 Å². The Kier molecular flexibility index (Phi) is 3.63. The van der Waals surface area contributed by atoms with Gasteiger partial charge in [-0.15, -0.1) is 0 Å². The first-order valence-electron chi connectivity index (χ1n) is 9.22. The number of halogens is 1. The lowest BCUT2D eigenvalue weighted by Crippen LogP contribution is -2.30. The molecular formula is C19H20FN7O. The van der Waals surface area contributed by atoms with Crippen LogP contribution in [0.15, 0.2) is 30.9 Å². The molecule has 1 saturated carbocycles. The maximum Gasteiger partial charge on any atom is 0.275 e. The molecule has 0 bridgehead atoms. The normalized spacial score (nSPS) is 20.1. The van der Waals surface area contributed by atoms with Crippen molar-refractivity contribution in [3.05, 3.63) is 48.1 Å². The van der Waals surface area contributed by atoms with Crippen LogP contribution in [0.4, 0.5) is 15.9 Å². The van der Waals surface area contributed by atoms with Gasteiger partial charge in [0.05, 0.1) is 23.8 Å². The van der Waals surface area contributed by atoms with Crippen LogP contribution in [0.5, 0.6) is 0 Å². The number of hydrogen-bond donors (Lipinski definition) is 2. The predicted molar refractivity (Wildman–Crippen MR) is 102 cm³/mol. The molecule has 0 aromatic carbocycles. The second-order valence-corrected chi connectivity index (χ2v) is 7.75. The van der Waals surface area contributed by atoms with Crippen molar-refractivity contribution in [1.29, 1.82) is 0 Å². The molecular weight excluding hydrogens is 361 g/mol. The maximum absolute atomic E-state index is 14.2. The van der Waals surface area contributed by atoms with E-state index in [1.807, 2.05) is 0 Å². The van der Waals surface area contributed by atoms with E-state index in [0.29, 0.717) is 11.4 Å². The quantitative estimate of drug-likeness (QED) is 0.717. The fourth-order valence-corrected chi connectivity index (χ4v) is 3.90. The molecule has 0 radical (unpaired) electrons. The maximum atomic E-state index is 14.2. The molecule has 1 amide bonds. The van der Waals surface area contributed by atoms with Crippen LogP contribution >= 0.6 is 0 Å². The summed E-state index contributed by atoms with van der Waals surface area (Å²) in [6.45, 7) is 3.42. The predicted octanol–water partition coefficient (Wildman–Crippen LogP) is 1.75. The van der Waals surface area contributed by atoms with Crippen LogP contribution < -0.4 is 16.0 Å². The number of pyridine rings is 1. The number of carbonyl (C=O) groups excluding carboxylic acids is 1. The van der Waals surface area contributed by atoms with E-state index >= 15 is 0 Å². The first-order valence-corrected chi connectivity index (χ1v) is 9.22. The van der Waals surface area contributed by atoms with E-state index in [2.05, 4.69) is 25.2 Å². The van der Waals surface area contributed by atoms with E-state index in [-0.39, 0.29) is 22.8 Å². The summed E-state index contributed by atoms with van der Waals surface area (Å²) in [5.41, 5.74) is 7.87. The number of fused-ring (bicyclic) bond motifs is 1. The van der Waals surface area contributed by atoms with Crippen molar-refractivity contribution in [3.8, 4) is 0 Å². The highest BCUT2D eigenvalue weighted by molar-refractivity contribution is 6.02.